The molecule has 0 amide bonds. The van der Waals surface area contributed by atoms with Gasteiger partial charge < -0.3 is 4.74 Å². The van der Waals surface area contributed by atoms with Gasteiger partial charge in [0, 0.05) is 19.8 Å². The van der Waals surface area contributed by atoms with Crippen molar-refractivity contribution in [3.8, 4) is 0 Å². The lowest BCUT2D eigenvalue weighted by Crippen LogP contribution is -2.37. The molecular weight excluding hydrogens is 268 g/mol. The molecular formula is C13H21ClN2O3. The van der Waals surface area contributed by atoms with Crippen LogP contribution >= 0.6 is 11.6 Å². The van der Waals surface area contributed by atoms with Crippen molar-refractivity contribution >= 4 is 11.6 Å². The van der Waals surface area contributed by atoms with E-state index in [1.54, 1.807) is 0 Å². The van der Waals surface area contributed by atoms with Crippen molar-refractivity contribution in [2.24, 2.45) is 0 Å². The number of rotatable bonds is 8. The summed E-state index contributed by atoms with van der Waals surface area (Å²) >= 11 is 5.89. The highest BCUT2D eigenvalue weighted by molar-refractivity contribution is 6.30. The summed E-state index contributed by atoms with van der Waals surface area (Å²) in [6.07, 6.45) is 2.97. The van der Waals surface area contributed by atoms with E-state index in [1.165, 1.54) is 4.57 Å². The number of halogens is 1. The van der Waals surface area contributed by atoms with E-state index in [9.17, 15) is 9.59 Å². The molecule has 19 heavy (non-hydrogen) atoms. The first-order valence-corrected chi connectivity index (χ1v) is 7.08. The number of nitrogens with zero attached hydrogens (tertiary/aromatic N) is 1. The summed E-state index contributed by atoms with van der Waals surface area (Å²) in [5.41, 5.74) is -0.255. The second kappa shape index (κ2) is 8.17. The highest BCUT2D eigenvalue weighted by atomic mass is 35.5. The lowest BCUT2D eigenvalue weighted by Gasteiger charge is -2.08. The zero-order valence-electron chi connectivity index (χ0n) is 11.5. The van der Waals surface area contributed by atoms with Crippen molar-refractivity contribution in [2.45, 2.75) is 46.1 Å². The van der Waals surface area contributed by atoms with E-state index in [-0.39, 0.29) is 10.7 Å². The van der Waals surface area contributed by atoms with E-state index in [0.29, 0.717) is 38.2 Å². The van der Waals surface area contributed by atoms with Gasteiger partial charge in [-0.2, -0.15) is 0 Å². The molecule has 0 spiro atoms. The molecule has 1 rings (SSSR count). The normalized spacial score (nSPS) is 10.9. The van der Waals surface area contributed by atoms with E-state index in [4.69, 9.17) is 16.3 Å². The largest absolute Gasteiger partial charge is 0.381 e. The second-order valence-electron chi connectivity index (χ2n) is 4.40. The van der Waals surface area contributed by atoms with Crippen LogP contribution in [0.25, 0.3) is 0 Å². The number of hydrogen-bond donors (Lipinski definition) is 1. The van der Waals surface area contributed by atoms with E-state index >= 15 is 0 Å². The van der Waals surface area contributed by atoms with Crippen LogP contribution in [0.5, 0.6) is 0 Å². The van der Waals surface area contributed by atoms with Crippen LogP contribution < -0.4 is 11.2 Å². The van der Waals surface area contributed by atoms with E-state index in [0.717, 1.165) is 12.8 Å². The maximum atomic E-state index is 12.1. The van der Waals surface area contributed by atoms with Crippen LogP contribution in [0, 0.1) is 0 Å². The van der Waals surface area contributed by atoms with E-state index in [2.05, 4.69) is 4.98 Å². The van der Waals surface area contributed by atoms with E-state index < -0.39 is 5.69 Å². The molecule has 0 saturated carbocycles. The molecule has 1 aromatic heterocycles. The molecule has 0 radical (unpaired) electrons. The van der Waals surface area contributed by atoms with Gasteiger partial charge in [0.2, 0.25) is 0 Å². The monoisotopic (exact) mass is 288 g/mol. The number of hydrogen-bond acceptors (Lipinski definition) is 3. The smallest absolute Gasteiger partial charge is 0.329 e. The highest BCUT2D eigenvalue weighted by Gasteiger charge is 2.11. The average Bonchev–Trinajstić information content (AvgIpc) is 2.37. The Morgan fingerprint density at radius 1 is 1.21 bits per heavy atom. The Bertz CT molecular complexity index is 508. The Hall–Kier alpha value is -1.07. The molecule has 0 bridgehead atoms. The van der Waals surface area contributed by atoms with Gasteiger partial charge in [0.1, 0.15) is 5.15 Å². The van der Waals surface area contributed by atoms with Gasteiger partial charge >= 0.3 is 5.69 Å². The minimum absolute atomic E-state index is 0.162. The molecule has 1 N–H and O–H groups in total. The van der Waals surface area contributed by atoms with Crippen LogP contribution in [-0.4, -0.2) is 22.8 Å². The molecule has 5 nitrogen and oxygen atoms in total. The summed E-state index contributed by atoms with van der Waals surface area (Å²) in [5.74, 6) is 0. The maximum absolute atomic E-state index is 12.1. The van der Waals surface area contributed by atoms with Crippen molar-refractivity contribution in [1.82, 2.24) is 9.55 Å². The maximum Gasteiger partial charge on any atom is 0.329 e. The first-order valence-electron chi connectivity index (χ1n) is 6.71. The fourth-order valence-corrected chi connectivity index (χ4v) is 2.08. The molecule has 0 fully saturated rings. The molecule has 0 unspecified atom stereocenters. The molecule has 0 aromatic carbocycles. The van der Waals surface area contributed by atoms with Crippen molar-refractivity contribution < 1.29 is 4.74 Å². The summed E-state index contributed by atoms with van der Waals surface area (Å²) in [6.45, 7) is 5.60. The van der Waals surface area contributed by atoms with Crippen molar-refractivity contribution in [3.63, 3.8) is 0 Å². The fraction of sp³-hybridized carbons (Fsp3) is 0.692. The summed E-state index contributed by atoms with van der Waals surface area (Å²) in [6, 6.07) is 0. The molecule has 0 atom stereocenters. The number of aromatic amines is 1. The summed E-state index contributed by atoms with van der Waals surface area (Å²) in [7, 11) is 0. The molecule has 0 saturated heterocycles. The van der Waals surface area contributed by atoms with E-state index in [1.807, 2.05) is 13.8 Å². The SMILES string of the molecule is CCCOCCCn1c(=O)[nH]c(Cl)c(CCC)c1=O. The van der Waals surface area contributed by atoms with Gasteiger partial charge in [-0.05, 0) is 19.3 Å². The Kier molecular flexibility index (Phi) is 6.87. The first-order chi connectivity index (χ1) is 9.11. The first kappa shape index (κ1) is 16.0. The molecule has 1 aromatic rings. The summed E-state index contributed by atoms with van der Waals surface area (Å²) in [5, 5.41) is 0.162. The highest BCUT2D eigenvalue weighted by Crippen LogP contribution is 2.07. The van der Waals surface area contributed by atoms with Gasteiger partial charge in [0.15, 0.2) is 0 Å². The van der Waals surface area contributed by atoms with Crippen molar-refractivity contribution in [3.05, 3.63) is 31.6 Å². The lowest BCUT2D eigenvalue weighted by molar-refractivity contribution is 0.129. The Labute approximate surface area is 117 Å². The van der Waals surface area contributed by atoms with Crippen LogP contribution in [0.3, 0.4) is 0 Å². The Balaban J connectivity index is 2.80. The molecule has 0 aliphatic rings. The summed E-state index contributed by atoms with van der Waals surface area (Å²) in [4.78, 5) is 26.4. The number of H-pyrrole nitrogens is 1. The lowest BCUT2D eigenvalue weighted by atomic mass is 10.2. The minimum Gasteiger partial charge on any atom is -0.381 e. The van der Waals surface area contributed by atoms with Gasteiger partial charge in [-0.15, -0.1) is 0 Å². The zero-order valence-corrected chi connectivity index (χ0v) is 12.3. The summed E-state index contributed by atoms with van der Waals surface area (Å²) < 4.78 is 6.53. The quantitative estimate of drug-likeness (QED) is 0.587. The van der Waals surface area contributed by atoms with Crippen LogP contribution in [0.1, 0.15) is 38.7 Å². The molecule has 6 heteroatoms. The van der Waals surface area contributed by atoms with Crippen LogP contribution in [0.2, 0.25) is 5.15 Å². The van der Waals surface area contributed by atoms with Crippen molar-refractivity contribution in [1.29, 1.82) is 0 Å². The Morgan fingerprint density at radius 3 is 2.58 bits per heavy atom. The predicted octanol–water partition coefficient (Wildman–Crippen LogP) is 1.96. The number of ether oxygens (including phenoxy) is 1. The fourth-order valence-electron chi connectivity index (χ4n) is 1.83. The second-order valence-corrected chi connectivity index (χ2v) is 4.77. The third kappa shape index (κ3) is 4.51. The van der Waals surface area contributed by atoms with Gasteiger partial charge in [-0.25, -0.2) is 4.79 Å². The predicted molar refractivity (Wildman–Crippen MR) is 76.1 cm³/mol. The molecule has 0 aliphatic heterocycles. The molecule has 1 heterocycles. The standard InChI is InChI=1S/C13H21ClN2O3/c1-3-6-10-11(14)15-13(18)16(12(10)17)7-5-9-19-8-4-2/h3-9H2,1-2H3,(H,15,18). The Morgan fingerprint density at radius 2 is 1.95 bits per heavy atom. The minimum atomic E-state index is -0.453. The van der Waals surface area contributed by atoms with Gasteiger partial charge in [-0.3, -0.25) is 14.3 Å². The topological polar surface area (TPSA) is 64.1 Å². The van der Waals surface area contributed by atoms with Gasteiger partial charge in [-0.1, -0.05) is 31.9 Å². The number of nitrogens with one attached hydrogen (secondary N) is 1. The van der Waals surface area contributed by atoms with Crippen LogP contribution in [-0.2, 0) is 17.7 Å². The molecule has 0 aliphatic carbocycles. The van der Waals surface area contributed by atoms with Gasteiger partial charge in [0.05, 0.1) is 5.56 Å². The number of aromatic nitrogens is 2. The van der Waals surface area contributed by atoms with Crippen LogP contribution in [0.15, 0.2) is 9.59 Å². The third-order valence-corrected chi connectivity index (χ3v) is 3.07. The third-order valence-electron chi connectivity index (χ3n) is 2.75. The van der Waals surface area contributed by atoms with Crippen LogP contribution in [0.4, 0.5) is 0 Å². The van der Waals surface area contributed by atoms with Gasteiger partial charge in [0.25, 0.3) is 5.56 Å². The average molecular weight is 289 g/mol. The van der Waals surface area contributed by atoms with Crippen molar-refractivity contribution in [2.75, 3.05) is 13.2 Å². The zero-order chi connectivity index (χ0) is 14.3. The molecule has 108 valence electrons.